The van der Waals surface area contributed by atoms with Crippen LogP contribution in [0.25, 0.3) is 0 Å². The molecule has 0 N–H and O–H groups in total. The van der Waals surface area contributed by atoms with Crippen molar-refractivity contribution < 1.29 is 19.1 Å². The Bertz CT molecular complexity index is 614. The molecule has 0 saturated carbocycles. The van der Waals surface area contributed by atoms with E-state index in [1.807, 2.05) is 0 Å². The summed E-state index contributed by atoms with van der Waals surface area (Å²) in [6, 6.07) is 6.84. The molecule has 0 amide bonds. The molecule has 1 aromatic carbocycles. The second-order valence-corrected chi connectivity index (χ2v) is 4.95. The molecule has 4 heteroatoms. The number of hydrogen-bond donors (Lipinski definition) is 0. The lowest BCUT2D eigenvalue weighted by Crippen LogP contribution is -2.39. The SMILES string of the molecule is COC1(C)CCC2=C(O1)C(=O)c1ccccc1C2=O. The van der Waals surface area contributed by atoms with Crippen molar-refractivity contribution >= 4 is 11.6 Å². The smallest absolute Gasteiger partial charge is 0.228 e. The average Bonchev–Trinajstić information content (AvgIpc) is 2.45. The van der Waals surface area contributed by atoms with Crippen molar-refractivity contribution in [3.63, 3.8) is 0 Å². The van der Waals surface area contributed by atoms with Crippen LogP contribution in [0, 0.1) is 0 Å². The summed E-state index contributed by atoms with van der Waals surface area (Å²) in [5, 5.41) is 0. The topological polar surface area (TPSA) is 52.6 Å². The number of methoxy groups -OCH3 is 1. The maximum atomic E-state index is 12.4. The van der Waals surface area contributed by atoms with Crippen molar-refractivity contribution in [2.24, 2.45) is 0 Å². The Hall–Kier alpha value is -1.94. The summed E-state index contributed by atoms with van der Waals surface area (Å²) in [4.78, 5) is 24.8. The Morgan fingerprint density at radius 1 is 1.16 bits per heavy atom. The van der Waals surface area contributed by atoms with Crippen molar-refractivity contribution in [2.75, 3.05) is 7.11 Å². The van der Waals surface area contributed by atoms with E-state index < -0.39 is 5.79 Å². The molecular weight excluding hydrogens is 244 g/mol. The molecule has 1 aliphatic heterocycles. The molecule has 98 valence electrons. The molecule has 3 rings (SSSR count). The van der Waals surface area contributed by atoms with Gasteiger partial charge >= 0.3 is 0 Å². The van der Waals surface area contributed by atoms with E-state index in [1.165, 1.54) is 7.11 Å². The maximum absolute atomic E-state index is 12.4. The Balaban J connectivity index is 2.11. The van der Waals surface area contributed by atoms with E-state index in [1.54, 1.807) is 31.2 Å². The van der Waals surface area contributed by atoms with Gasteiger partial charge < -0.3 is 9.47 Å². The highest BCUT2D eigenvalue weighted by atomic mass is 16.7. The van der Waals surface area contributed by atoms with Gasteiger partial charge in [-0.25, -0.2) is 0 Å². The summed E-state index contributed by atoms with van der Waals surface area (Å²) in [6.45, 7) is 1.77. The van der Waals surface area contributed by atoms with Gasteiger partial charge in [0.1, 0.15) is 0 Å². The van der Waals surface area contributed by atoms with Crippen molar-refractivity contribution in [3.05, 3.63) is 46.7 Å². The van der Waals surface area contributed by atoms with E-state index in [4.69, 9.17) is 9.47 Å². The Labute approximate surface area is 111 Å². The fraction of sp³-hybridized carbons (Fsp3) is 0.333. The van der Waals surface area contributed by atoms with Crippen LogP contribution in [0.4, 0.5) is 0 Å². The molecule has 0 bridgehead atoms. The van der Waals surface area contributed by atoms with Gasteiger partial charge in [-0.15, -0.1) is 0 Å². The highest BCUT2D eigenvalue weighted by Gasteiger charge is 2.41. The fourth-order valence-electron chi connectivity index (χ4n) is 2.50. The summed E-state index contributed by atoms with van der Waals surface area (Å²) in [6.07, 6.45) is 1.06. The van der Waals surface area contributed by atoms with Crippen LogP contribution < -0.4 is 0 Å². The first-order valence-electron chi connectivity index (χ1n) is 6.21. The number of hydrogen-bond acceptors (Lipinski definition) is 4. The molecule has 2 aliphatic rings. The highest BCUT2D eigenvalue weighted by molar-refractivity contribution is 6.26. The van der Waals surface area contributed by atoms with Gasteiger partial charge in [0.15, 0.2) is 11.5 Å². The molecule has 1 unspecified atom stereocenters. The molecule has 0 radical (unpaired) electrons. The number of Topliss-reactive ketones (excluding diaryl/α,β-unsaturated/α-hetero) is 2. The van der Waals surface area contributed by atoms with Gasteiger partial charge in [0.05, 0.1) is 0 Å². The third-order valence-electron chi connectivity index (χ3n) is 3.75. The number of carbonyl (C=O) groups is 2. The first kappa shape index (κ1) is 12.1. The third kappa shape index (κ3) is 1.71. The van der Waals surface area contributed by atoms with Gasteiger partial charge in [-0.2, -0.15) is 0 Å². The largest absolute Gasteiger partial charge is 0.458 e. The van der Waals surface area contributed by atoms with E-state index >= 15 is 0 Å². The Kier molecular flexibility index (Phi) is 2.57. The average molecular weight is 258 g/mol. The van der Waals surface area contributed by atoms with E-state index in [2.05, 4.69) is 0 Å². The molecule has 1 atom stereocenters. The van der Waals surface area contributed by atoms with Crippen LogP contribution in [0.5, 0.6) is 0 Å². The second-order valence-electron chi connectivity index (χ2n) is 4.95. The summed E-state index contributed by atoms with van der Waals surface area (Å²) in [7, 11) is 1.54. The minimum absolute atomic E-state index is 0.108. The van der Waals surface area contributed by atoms with Crippen LogP contribution in [0.15, 0.2) is 35.6 Å². The first-order valence-corrected chi connectivity index (χ1v) is 6.21. The van der Waals surface area contributed by atoms with E-state index in [-0.39, 0.29) is 17.3 Å². The van der Waals surface area contributed by atoms with Crippen LogP contribution in [0.3, 0.4) is 0 Å². The van der Waals surface area contributed by atoms with Crippen LogP contribution in [-0.2, 0) is 9.47 Å². The summed E-state index contributed by atoms with van der Waals surface area (Å²) in [5.74, 6) is -1.02. The molecule has 19 heavy (non-hydrogen) atoms. The summed E-state index contributed by atoms with van der Waals surface area (Å²) in [5.41, 5.74) is 1.35. The van der Waals surface area contributed by atoms with Gasteiger partial charge in [-0.05, 0) is 6.42 Å². The van der Waals surface area contributed by atoms with Gasteiger partial charge in [0.25, 0.3) is 0 Å². The van der Waals surface area contributed by atoms with E-state index in [0.29, 0.717) is 29.5 Å². The van der Waals surface area contributed by atoms with Gasteiger partial charge in [0, 0.05) is 37.2 Å². The lowest BCUT2D eigenvalue weighted by molar-refractivity contribution is -0.193. The molecule has 1 aliphatic carbocycles. The number of carbonyl (C=O) groups excluding carboxylic acids is 2. The first-order chi connectivity index (χ1) is 9.06. The fourth-order valence-corrected chi connectivity index (χ4v) is 2.50. The Morgan fingerprint density at radius 3 is 2.42 bits per heavy atom. The van der Waals surface area contributed by atoms with Crippen LogP contribution >= 0.6 is 0 Å². The highest BCUT2D eigenvalue weighted by Crippen LogP contribution is 2.38. The monoisotopic (exact) mass is 258 g/mol. The molecule has 0 fully saturated rings. The molecule has 4 nitrogen and oxygen atoms in total. The zero-order chi connectivity index (χ0) is 13.6. The predicted molar refractivity (Wildman–Crippen MR) is 67.9 cm³/mol. The molecule has 1 heterocycles. The maximum Gasteiger partial charge on any atom is 0.228 e. The molecule has 0 aromatic heterocycles. The van der Waals surface area contributed by atoms with E-state index in [9.17, 15) is 9.59 Å². The predicted octanol–water partition coefficient (Wildman–Crippen LogP) is 2.49. The molecular formula is C15H14O4. The number of ether oxygens (including phenoxy) is 2. The number of benzene rings is 1. The van der Waals surface area contributed by atoms with Crippen LogP contribution in [-0.4, -0.2) is 24.5 Å². The standard InChI is InChI=1S/C15H14O4/c1-15(18-2)8-7-11-12(16)9-5-3-4-6-10(9)13(17)14(11)19-15/h3-6H,7-8H2,1-2H3. The zero-order valence-electron chi connectivity index (χ0n) is 10.9. The van der Waals surface area contributed by atoms with Gasteiger partial charge in [-0.3, -0.25) is 9.59 Å². The normalized spacial score (nSPS) is 25.8. The van der Waals surface area contributed by atoms with Gasteiger partial charge in [-0.1, -0.05) is 24.3 Å². The van der Waals surface area contributed by atoms with Crippen LogP contribution in [0.1, 0.15) is 40.5 Å². The van der Waals surface area contributed by atoms with Crippen molar-refractivity contribution in [1.29, 1.82) is 0 Å². The minimum Gasteiger partial charge on any atom is -0.458 e. The van der Waals surface area contributed by atoms with E-state index in [0.717, 1.165) is 0 Å². The number of fused-ring (bicyclic) bond motifs is 1. The third-order valence-corrected chi connectivity index (χ3v) is 3.75. The minimum atomic E-state index is -0.832. The second kappa shape index (κ2) is 4.03. The number of allylic oxidation sites excluding steroid dienone is 2. The molecule has 0 spiro atoms. The summed E-state index contributed by atoms with van der Waals surface area (Å²) < 4.78 is 10.9. The quantitative estimate of drug-likeness (QED) is 0.776. The number of ketones is 2. The Morgan fingerprint density at radius 2 is 1.79 bits per heavy atom. The summed E-state index contributed by atoms with van der Waals surface area (Å²) >= 11 is 0. The van der Waals surface area contributed by atoms with Crippen LogP contribution in [0.2, 0.25) is 0 Å². The lowest BCUT2D eigenvalue weighted by Gasteiger charge is -2.36. The van der Waals surface area contributed by atoms with Crippen molar-refractivity contribution in [1.82, 2.24) is 0 Å². The van der Waals surface area contributed by atoms with Crippen molar-refractivity contribution in [3.8, 4) is 0 Å². The molecule has 1 aromatic rings. The zero-order valence-corrected chi connectivity index (χ0v) is 10.9. The lowest BCUT2D eigenvalue weighted by atomic mass is 9.84. The molecule has 0 saturated heterocycles. The van der Waals surface area contributed by atoms with Crippen molar-refractivity contribution in [2.45, 2.75) is 25.6 Å². The number of rotatable bonds is 1. The van der Waals surface area contributed by atoms with Gasteiger partial charge in [0.2, 0.25) is 11.6 Å².